The van der Waals surface area contributed by atoms with Gasteiger partial charge in [0.15, 0.2) is 63.1 Å². The Labute approximate surface area is 750 Å². The van der Waals surface area contributed by atoms with Crippen molar-refractivity contribution >= 4 is 163 Å². The highest BCUT2D eigenvalue weighted by Crippen LogP contribution is 2.54. The van der Waals surface area contributed by atoms with Crippen molar-refractivity contribution in [2.75, 3.05) is 51.1 Å². The minimum Gasteiger partial charge on any atom is -0.435 e. The highest BCUT2D eigenvalue weighted by atomic mass is 16.4. The zero-order valence-corrected chi connectivity index (χ0v) is 76.9. The molecule has 5 atom stereocenters. The van der Waals surface area contributed by atoms with Crippen molar-refractivity contribution in [1.82, 2.24) is 54.8 Å². The number of hydrogen-bond acceptors (Lipinski definition) is 24. The summed E-state index contributed by atoms with van der Waals surface area (Å²) in [7, 11) is 0. The average Bonchev–Trinajstić information content (AvgIpc) is 1.57. The van der Waals surface area contributed by atoms with E-state index in [1.807, 2.05) is 151 Å². The number of aryl methyl sites for hydroxylation is 9. The number of anilines is 13. The fourth-order valence-electron chi connectivity index (χ4n) is 20.0. The maximum atomic E-state index is 8.70. The van der Waals surface area contributed by atoms with Gasteiger partial charge in [0.05, 0.1) is 32.5 Å². The fourth-order valence-corrected chi connectivity index (χ4v) is 20.0. The number of aromatic nitrogens is 11. The average molecular weight is 1700 g/mol. The first-order valence-electron chi connectivity index (χ1n) is 46.6. The van der Waals surface area contributed by atoms with Crippen LogP contribution in [0.2, 0.25) is 0 Å². The van der Waals surface area contributed by atoms with Gasteiger partial charge in [-0.2, -0.15) is 0 Å². The highest BCUT2D eigenvalue weighted by Gasteiger charge is 2.50. The summed E-state index contributed by atoms with van der Waals surface area (Å²) in [5.74, 6) is 4.54. The smallest absolute Gasteiger partial charge is 0.227 e. The van der Waals surface area contributed by atoms with Crippen molar-refractivity contribution in [3.8, 4) is 0 Å². The molecule has 0 spiro atoms. The van der Waals surface area contributed by atoms with Crippen molar-refractivity contribution < 1.29 is 25.9 Å². The zero-order chi connectivity index (χ0) is 94.8. The third kappa shape index (κ3) is 14.2. The Balaban J connectivity index is 0.000000112. The summed E-state index contributed by atoms with van der Waals surface area (Å²) in [4.78, 5) is 68.4. The molecule has 0 N–H and O–H groups in total. The van der Waals surface area contributed by atoms with Crippen LogP contribution in [0.1, 0.15) is 169 Å². The van der Waals surface area contributed by atoms with Crippen molar-refractivity contribution in [2.24, 2.45) is 5.41 Å². The van der Waals surface area contributed by atoms with E-state index < -0.39 is 31.2 Å². The van der Waals surface area contributed by atoms with Gasteiger partial charge in [-0.15, -0.1) is 0 Å². The molecule has 12 aromatic heterocycles. The van der Waals surface area contributed by atoms with Crippen LogP contribution >= 0.6 is 0 Å². The van der Waals surface area contributed by atoms with Crippen LogP contribution in [0.25, 0.3) is 88.3 Å². The molecular formula is C103H114N20O4. The summed E-state index contributed by atoms with van der Waals surface area (Å²) in [6.45, 7) is 47.1. The topological polar surface area (TPSA) is 224 Å². The van der Waals surface area contributed by atoms with Crippen LogP contribution in [-0.4, -0.2) is 116 Å². The summed E-state index contributed by atoms with van der Waals surface area (Å²) < 4.78 is 75.1. The van der Waals surface area contributed by atoms with Gasteiger partial charge in [0, 0.05) is 156 Å². The molecule has 1 fully saturated rings. The molecule has 650 valence electrons. The Morgan fingerprint density at radius 3 is 0.992 bits per heavy atom. The van der Waals surface area contributed by atoms with Gasteiger partial charge in [-0.1, -0.05) is 80.6 Å². The Morgan fingerprint density at radius 2 is 0.638 bits per heavy atom. The van der Waals surface area contributed by atoms with E-state index >= 15 is 0 Å². The Kier molecular flexibility index (Phi) is 19.5. The van der Waals surface area contributed by atoms with Crippen LogP contribution < -0.4 is 44.1 Å². The van der Waals surface area contributed by atoms with Gasteiger partial charge in [-0.25, -0.2) is 54.8 Å². The van der Waals surface area contributed by atoms with E-state index in [0.717, 1.165) is 151 Å². The van der Waals surface area contributed by atoms with E-state index in [1.54, 1.807) is 37.2 Å². The minimum absolute atomic E-state index is 0.0837. The molecule has 24 heteroatoms. The maximum absolute atomic E-state index is 8.70. The summed E-state index contributed by atoms with van der Waals surface area (Å²) in [6.07, 6.45) is 12.0. The second kappa shape index (κ2) is 32.2. The minimum atomic E-state index is -2.35. The lowest BCUT2D eigenvalue weighted by molar-refractivity contribution is 0.329. The first-order chi connectivity index (χ1) is 62.8. The third-order valence-corrected chi connectivity index (χ3v) is 25.7. The number of furan rings is 4. The monoisotopic (exact) mass is 1700 g/mol. The number of rotatable bonds is 8. The molecular weight excluding hydrogens is 1580 g/mol. The van der Waals surface area contributed by atoms with E-state index in [4.69, 9.17) is 25.9 Å². The number of benzene rings is 5. The first kappa shape index (κ1) is 77.1. The molecule has 0 bridgehead atoms. The van der Waals surface area contributed by atoms with E-state index in [-0.39, 0.29) is 24.0 Å². The molecule has 5 aliphatic rings. The molecule has 22 rings (SSSR count). The standard InChI is InChI=1S/C23H24N4O.2C22H23N5O.C20H19N5O.C16H25N/c1-13(2)26-16(5)27(19-7-6-12-24-22(19)26)20-14(3)8-10-17-18-11-9-15(4)25-23(18)28-21(17)20;2*1-12(2)26-15(5)27(21-20(26)23-10-11-24-21)18-13(3)6-8-16-17-9-7-14(4)25-22(17)28-19(16)18;1-11-5-7-14-15-8-6-12(2)23-20(15)26-17(14)16(11)25-13(3)24(4)18-19(25)22-10-9-21-18;1-12-9-7-8-10-14(12)17-13(2)15(3,4)11-16(17,5)6/h6-13,16H,1-5H3;2*6-12,15H,1-5H3;5-10,13H,1-4H3;7-10,13H,11H2,1-6H3/i13D;2*12D;4D3;. The molecule has 17 heterocycles. The van der Waals surface area contributed by atoms with E-state index in [9.17, 15) is 0 Å². The van der Waals surface area contributed by atoms with Crippen LogP contribution in [0.4, 0.5) is 74.8 Å². The third-order valence-electron chi connectivity index (χ3n) is 25.7. The second-order valence-electron chi connectivity index (χ2n) is 36.2. The quantitative estimate of drug-likeness (QED) is 0.138. The van der Waals surface area contributed by atoms with E-state index in [1.165, 1.54) is 28.8 Å². The van der Waals surface area contributed by atoms with Gasteiger partial charge in [0.25, 0.3) is 0 Å². The molecule has 24 nitrogen and oxygen atoms in total. The normalized spacial score (nSPS) is 18.9. The molecule has 5 unspecified atom stereocenters. The second-order valence-corrected chi connectivity index (χ2v) is 36.2. The van der Waals surface area contributed by atoms with Crippen LogP contribution in [0, 0.1) is 67.7 Å². The SMILES string of the molecule is Cc1ccccc1N1C(C)C(C)(C)CC1(C)C.[2H]C(C)(C)N1c2ncccc2N(c2c(C)ccc3c2oc2nc(C)ccc23)C1C.[2H]C(C)(C)N1c2nccnc2N(c2c(C)ccc3c2oc2nc(C)ccc23)C1C.[2H]C(C)(C)N1c2nccnc2N(c2c(C)ccc3c2oc2nc(C)ccc23)C1C.[2H]C([2H])([2H])N1c2nccnc2N(c2c(C)ccc3c2oc2nc(C)ccc23)C1C. The lowest BCUT2D eigenvalue weighted by Crippen LogP contribution is -2.43. The summed E-state index contributed by atoms with van der Waals surface area (Å²) in [6, 6.07) is 43.6. The Morgan fingerprint density at radius 1 is 0.331 bits per heavy atom. The predicted octanol–water partition coefficient (Wildman–Crippen LogP) is 24.6. The van der Waals surface area contributed by atoms with Crippen LogP contribution in [0.5, 0.6) is 0 Å². The number of fused-ring (bicyclic) bond motifs is 16. The highest BCUT2D eigenvalue weighted by molar-refractivity contribution is 6.13. The van der Waals surface area contributed by atoms with Gasteiger partial charge >= 0.3 is 0 Å². The van der Waals surface area contributed by atoms with Crippen molar-refractivity contribution in [1.29, 1.82) is 0 Å². The molecule has 1 saturated heterocycles. The molecule has 0 radical (unpaired) electrons. The van der Waals surface area contributed by atoms with Gasteiger partial charge in [0.2, 0.25) is 22.9 Å². The Bertz CT molecular complexity index is 6640. The van der Waals surface area contributed by atoms with Crippen molar-refractivity contribution in [3.63, 3.8) is 0 Å². The molecule has 0 aliphatic carbocycles. The van der Waals surface area contributed by atoms with Gasteiger partial charge in [-0.05, 0) is 259 Å². The van der Waals surface area contributed by atoms with Crippen LogP contribution in [0.3, 0.4) is 0 Å². The molecule has 0 saturated carbocycles. The lowest BCUT2D eigenvalue weighted by atomic mass is 9.82. The number of para-hydroxylation sites is 1. The zero-order valence-electron chi connectivity index (χ0n) is 82.9. The summed E-state index contributed by atoms with van der Waals surface area (Å²) in [5, 5.41) is 7.95. The number of hydrogen-bond donors (Lipinski definition) is 0. The molecule has 0 amide bonds. The van der Waals surface area contributed by atoms with E-state index in [2.05, 4.69) is 242 Å². The van der Waals surface area contributed by atoms with Crippen molar-refractivity contribution in [2.45, 2.75) is 227 Å². The molecule has 5 aromatic carbocycles. The van der Waals surface area contributed by atoms with Gasteiger partial charge in [-0.3, -0.25) is 14.7 Å². The van der Waals surface area contributed by atoms with Crippen molar-refractivity contribution in [3.05, 3.63) is 227 Å². The summed E-state index contributed by atoms with van der Waals surface area (Å²) in [5.41, 5.74) is 21.4. The van der Waals surface area contributed by atoms with Crippen LogP contribution in [0.15, 0.2) is 195 Å². The maximum Gasteiger partial charge on any atom is 0.227 e. The number of pyridine rings is 5. The Hall–Kier alpha value is -13.5. The van der Waals surface area contributed by atoms with E-state index in [0.29, 0.717) is 63.2 Å². The fraction of sp³-hybridized carbons (Fsp3) is 0.350. The first-order valence-corrected chi connectivity index (χ1v) is 43.6. The predicted molar refractivity (Wildman–Crippen MR) is 518 cm³/mol. The summed E-state index contributed by atoms with van der Waals surface area (Å²) >= 11 is 0. The molecule has 5 aliphatic heterocycles. The van der Waals surface area contributed by atoms with Crippen LogP contribution in [-0.2, 0) is 0 Å². The van der Waals surface area contributed by atoms with Gasteiger partial charge < -0.3 is 47.1 Å². The number of nitrogens with zero attached hydrogens (tertiary/aromatic N) is 20. The lowest BCUT2D eigenvalue weighted by Gasteiger charge is -2.38. The molecule has 17 aromatic rings. The largest absolute Gasteiger partial charge is 0.435 e. The van der Waals surface area contributed by atoms with Gasteiger partial charge in [0.1, 0.15) is 24.7 Å². The molecule has 127 heavy (non-hydrogen) atoms.